The lowest BCUT2D eigenvalue weighted by Gasteiger charge is -2.12. The first kappa shape index (κ1) is 16.5. The number of hydrogen-bond donors (Lipinski definition) is 2. The SMILES string of the molecule is CCC(C)Nc1nccc(C(=O)Nc2cccc(Cl)c2Cl)n1. The lowest BCUT2D eigenvalue weighted by molar-refractivity contribution is 0.102. The molecule has 0 aliphatic heterocycles. The third-order valence-electron chi connectivity index (χ3n) is 3.08. The van der Waals surface area contributed by atoms with Crippen LogP contribution >= 0.6 is 23.2 Å². The lowest BCUT2D eigenvalue weighted by Crippen LogP contribution is -2.19. The summed E-state index contributed by atoms with van der Waals surface area (Å²) in [5.74, 6) is 0.0398. The number of nitrogens with one attached hydrogen (secondary N) is 2. The predicted octanol–water partition coefficient (Wildman–Crippen LogP) is 4.25. The Morgan fingerprint density at radius 3 is 2.82 bits per heavy atom. The number of nitrogens with zero attached hydrogens (tertiary/aromatic N) is 2. The van der Waals surface area contributed by atoms with Crippen molar-refractivity contribution in [1.29, 1.82) is 0 Å². The number of amides is 1. The summed E-state index contributed by atoms with van der Waals surface area (Å²) in [6, 6.07) is 6.79. The number of hydrogen-bond acceptors (Lipinski definition) is 4. The van der Waals surface area contributed by atoms with Gasteiger partial charge in [-0.05, 0) is 31.5 Å². The molecule has 1 atom stereocenters. The first-order chi connectivity index (χ1) is 10.5. The quantitative estimate of drug-likeness (QED) is 0.855. The molecule has 0 fully saturated rings. The van der Waals surface area contributed by atoms with Gasteiger partial charge in [0.25, 0.3) is 5.91 Å². The third kappa shape index (κ3) is 4.08. The van der Waals surface area contributed by atoms with E-state index in [1.165, 1.54) is 12.3 Å². The zero-order valence-corrected chi connectivity index (χ0v) is 13.7. The van der Waals surface area contributed by atoms with Crippen molar-refractivity contribution in [3.05, 3.63) is 46.2 Å². The number of carbonyl (C=O) groups excluding carboxylic acids is 1. The van der Waals surface area contributed by atoms with Gasteiger partial charge in [-0.1, -0.05) is 36.2 Å². The molecule has 7 heteroatoms. The summed E-state index contributed by atoms with van der Waals surface area (Å²) in [4.78, 5) is 20.6. The van der Waals surface area contributed by atoms with Crippen LogP contribution in [-0.2, 0) is 0 Å². The Bertz CT molecular complexity index is 678. The summed E-state index contributed by atoms with van der Waals surface area (Å²) in [5.41, 5.74) is 0.686. The Morgan fingerprint density at radius 1 is 1.32 bits per heavy atom. The van der Waals surface area contributed by atoms with Crippen LogP contribution in [0.1, 0.15) is 30.8 Å². The van der Waals surface area contributed by atoms with Crippen molar-refractivity contribution in [1.82, 2.24) is 9.97 Å². The summed E-state index contributed by atoms with van der Waals surface area (Å²) < 4.78 is 0. The minimum absolute atomic E-state index is 0.223. The first-order valence-corrected chi connectivity index (χ1v) is 7.61. The van der Waals surface area contributed by atoms with E-state index in [0.717, 1.165) is 6.42 Å². The highest BCUT2D eigenvalue weighted by Crippen LogP contribution is 2.29. The second kappa shape index (κ2) is 7.42. The fraction of sp³-hybridized carbons (Fsp3) is 0.267. The van der Waals surface area contributed by atoms with Gasteiger partial charge >= 0.3 is 0 Å². The Morgan fingerprint density at radius 2 is 2.09 bits per heavy atom. The number of anilines is 2. The number of halogens is 2. The van der Waals surface area contributed by atoms with E-state index >= 15 is 0 Å². The largest absolute Gasteiger partial charge is 0.352 e. The highest BCUT2D eigenvalue weighted by Gasteiger charge is 2.13. The smallest absolute Gasteiger partial charge is 0.274 e. The molecule has 0 spiro atoms. The number of benzene rings is 1. The molecule has 5 nitrogen and oxygen atoms in total. The van der Waals surface area contributed by atoms with Crippen LogP contribution < -0.4 is 10.6 Å². The molecule has 0 aliphatic rings. The second-order valence-corrected chi connectivity index (χ2v) is 5.56. The van der Waals surface area contributed by atoms with Crippen LogP contribution in [0.15, 0.2) is 30.5 Å². The summed E-state index contributed by atoms with van der Waals surface area (Å²) in [6.07, 6.45) is 2.46. The van der Waals surface area contributed by atoms with Crippen LogP contribution in [0.3, 0.4) is 0 Å². The summed E-state index contributed by atoms with van der Waals surface area (Å²) in [6.45, 7) is 4.07. The average molecular weight is 339 g/mol. The van der Waals surface area contributed by atoms with E-state index in [-0.39, 0.29) is 17.6 Å². The summed E-state index contributed by atoms with van der Waals surface area (Å²) in [7, 11) is 0. The molecule has 22 heavy (non-hydrogen) atoms. The molecule has 0 bridgehead atoms. The topological polar surface area (TPSA) is 66.9 Å². The number of rotatable bonds is 5. The van der Waals surface area contributed by atoms with Crippen LogP contribution in [0, 0.1) is 0 Å². The van der Waals surface area contributed by atoms with Crippen LogP contribution in [0.5, 0.6) is 0 Å². The molecule has 1 amide bonds. The summed E-state index contributed by atoms with van der Waals surface area (Å²) >= 11 is 12.0. The maximum absolute atomic E-state index is 12.3. The van der Waals surface area contributed by atoms with Gasteiger partial charge < -0.3 is 10.6 Å². The Labute approximate surface area is 139 Å². The first-order valence-electron chi connectivity index (χ1n) is 6.86. The number of carbonyl (C=O) groups is 1. The van der Waals surface area contributed by atoms with Gasteiger partial charge in [-0.3, -0.25) is 4.79 Å². The van der Waals surface area contributed by atoms with Gasteiger partial charge in [-0.25, -0.2) is 9.97 Å². The second-order valence-electron chi connectivity index (χ2n) is 4.77. The Hall–Kier alpha value is -1.85. The zero-order chi connectivity index (χ0) is 16.1. The molecule has 0 saturated heterocycles. The Balaban J connectivity index is 2.16. The van der Waals surface area contributed by atoms with Crippen LogP contribution in [-0.4, -0.2) is 21.9 Å². The van der Waals surface area contributed by atoms with Crippen molar-refractivity contribution in [3.8, 4) is 0 Å². The molecule has 1 aromatic heterocycles. The van der Waals surface area contributed by atoms with Gasteiger partial charge in [0.15, 0.2) is 0 Å². The normalized spacial score (nSPS) is 11.8. The van der Waals surface area contributed by atoms with Crippen molar-refractivity contribution in [2.45, 2.75) is 26.3 Å². The van der Waals surface area contributed by atoms with E-state index in [2.05, 4.69) is 27.5 Å². The van der Waals surface area contributed by atoms with Crippen molar-refractivity contribution >= 4 is 40.7 Å². The molecule has 2 N–H and O–H groups in total. The van der Waals surface area contributed by atoms with Gasteiger partial charge in [0.05, 0.1) is 15.7 Å². The molecule has 2 aromatic rings. The predicted molar refractivity (Wildman–Crippen MR) is 89.8 cm³/mol. The van der Waals surface area contributed by atoms with Crippen LogP contribution in [0.25, 0.3) is 0 Å². The summed E-state index contributed by atoms with van der Waals surface area (Å²) in [5, 5.41) is 6.48. The molecule has 0 radical (unpaired) electrons. The van der Waals surface area contributed by atoms with Gasteiger partial charge in [-0.2, -0.15) is 0 Å². The van der Waals surface area contributed by atoms with E-state index in [9.17, 15) is 4.79 Å². The maximum Gasteiger partial charge on any atom is 0.274 e. The average Bonchev–Trinajstić information content (AvgIpc) is 2.52. The van der Waals surface area contributed by atoms with Crippen LogP contribution in [0.2, 0.25) is 10.0 Å². The molecular weight excluding hydrogens is 323 g/mol. The molecule has 116 valence electrons. The van der Waals surface area contributed by atoms with Crippen LogP contribution in [0.4, 0.5) is 11.6 Å². The minimum Gasteiger partial charge on any atom is -0.352 e. The van der Waals surface area contributed by atoms with Crippen molar-refractivity contribution in [3.63, 3.8) is 0 Å². The lowest BCUT2D eigenvalue weighted by atomic mass is 10.3. The maximum atomic E-state index is 12.3. The molecule has 0 saturated carbocycles. The molecule has 0 aliphatic carbocycles. The van der Waals surface area contributed by atoms with Gasteiger partial charge in [0.2, 0.25) is 5.95 Å². The van der Waals surface area contributed by atoms with Crippen molar-refractivity contribution < 1.29 is 4.79 Å². The molecule has 2 rings (SSSR count). The number of aromatic nitrogens is 2. The van der Waals surface area contributed by atoms with Crippen molar-refractivity contribution in [2.75, 3.05) is 10.6 Å². The van der Waals surface area contributed by atoms with Gasteiger partial charge in [0.1, 0.15) is 5.69 Å². The molecule has 1 heterocycles. The highest BCUT2D eigenvalue weighted by atomic mass is 35.5. The third-order valence-corrected chi connectivity index (χ3v) is 3.89. The van der Waals surface area contributed by atoms with Gasteiger partial charge in [0, 0.05) is 12.2 Å². The molecule has 1 aromatic carbocycles. The fourth-order valence-corrected chi connectivity index (χ4v) is 2.01. The van der Waals surface area contributed by atoms with E-state index < -0.39 is 0 Å². The molecular formula is C15H16Cl2N4O. The van der Waals surface area contributed by atoms with E-state index in [1.807, 2.05) is 6.92 Å². The Kier molecular flexibility index (Phi) is 5.57. The minimum atomic E-state index is -0.376. The van der Waals surface area contributed by atoms with E-state index in [0.29, 0.717) is 21.7 Å². The van der Waals surface area contributed by atoms with E-state index in [1.54, 1.807) is 18.2 Å². The standard InChI is InChI=1S/C15H16Cl2N4O/c1-3-9(2)19-15-18-8-7-12(21-15)14(22)20-11-6-4-5-10(16)13(11)17/h4-9H,3H2,1-2H3,(H,20,22)(H,18,19,21). The highest BCUT2D eigenvalue weighted by molar-refractivity contribution is 6.44. The molecule has 1 unspecified atom stereocenters. The zero-order valence-electron chi connectivity index (χ0n) is 12.2. The van der Waals surface area contributed by atoms with Gasteiger partial charge in [-0.15, -0.1) is 0 Å². The monoisotopic (exact) mass is 338 g/mol. The van der Waals surface area contributed by atoms with E-state index in [4.69, 9.17) is 23.2 Å². The fourth-order valence-electron chi connectivity index (χ4n) is 1.66. The van der Waals surface area contributed by atoms with Crippen molar-refractivity contribution in [2.24, 2.45) is 0 Å².